The number of imidazole rings is 1. The van der Waals surface area contributed by atoms with Gasteiger partial charge in [-0.25, -0.2) is 4.98 Å². The number of hydrogen-bond donors (Lipinski definition) is 0. The monoisotopic (exact) mass is 354 g/mol. The highest BCUT2D eigenvalue weighted by Gasteiger charge is 2.30. The fourth-order valence-electron chi connectivity index (χ4n) is 2.79. The van der Waals surface area contributed by atoms with Crippen molar-refractivity contribution in [3.63, 3.8) is 0 Å². The Bertz CT molecular complexity index is 851. The van der Waals surface area contributed by atoms with Gasteiger partial charge in [0.1, 0.15) is 0 Å². The Kier molecular flexibility index (Phi) is 4.37. The van der Waals surface area contributed by atoms with Crippen molar-refractivity contribution in [1.82, 2.24) is 19.7 Å². The Morgan fingerprint density at radius 2 is 1.92 bits per heavy atom. The maximum atomic E-state index is 5.45. The summed E-state index contributed by atoms with van der Waals surface area (Å²) in [6.45, 7) is 6.23. The Balaban J connectivity index is 1.61. The van der Waals surface area contributed by atoms with Gasteiger partial charge in [-0.15, -0.1) is 0 Å². The first-order valence-electron chi connectivity index (χ1n) is 8.76. The molecule has 1 atom stereocenters. The second-order valence-corrected chi connectivity index (χ2v) is 8.11. The van der Waals surface area contributed by atoms with Crippen LogP contribution in [0.5, 0.6) is 0 Å². The lowest BCUT2D eigenvalue weighted by molar-refractivity contribution is 0.373. The molecule has 1 fully saturated rings. The highest BCUT2D eigenvalue weighted by Crippen LogP contribution is 2.44. The average Bonchev–Trinajstić information content (AvgIpc) is 3.17. The summed E-state index contributed by atoms with van der Waals surface area (Å²) < 4.78 is 7.82. The van der Waals surface area contributed by atoms with Gasteiger partial charge in [0.05, 0.1) is 17.1 Å². The van der Waals surface area contributed by atoms with Crippen LogP contribution >= 0.6 is 11.8 Å². The predicted molar refractivity (Wildman–Crippen MR) is 98.6 cm³/mol. The van der Waals surface area contributed by atoms with Crippen LogP contribution in [-0.2, 0) is 0 Å². The molecule has 2 aromatic heterocycles. The molecule has 6 heteroatoms. The first-order valence-corrected chi connectivity index (χ1v) is 9.64. The lowest BCUT2D eigenvalue weighted by atomic mass is 10.2. The molecule has 4 rings (SSSR count). The zero-order valence-electron chi connectivity index (χ0n) is 14.7. The molecule has 5 nitrogen and oxygen atoms in total. The quantitative estimate of drug-likeness (QED) is 0.566. The topological polar surface area (TPSA) is 56.7 Å². The Morgan fingerprint density at radius 1 is 1.16 bits per heavy atom. The Hall–Kier alpha value is -2.08. The fraction of sp³-hybridized carbons (Fsp3) is 0.421. The van der Waals surface area contributed by atoms with E-state index in [1.54, 1.807) is 11.8 Å². The van der Waals surface area contributed by atoms with Crippen molar-refractivity contribution in [2.24, 2.45) is 0 Å². The molecule has 0 unspecified atom stereocenters. The second-order valence-electron chi connectivity index (χ2n) is 6.80. The van der Waals surface area contributed by atoms with Crippen molar-refractivity contribution < 1.29 is 4.52 Å². The van der Waals surface area contributed by atoms with Gasteiger partial charge in [-0.1, -0.05) is 61.1 Å². The van der Waals surface area contributed by atoms with Gasteiger partial charge in [-0.05, 0) is 25.3 Å². The highest BCUT2D eigenvalue weighted by atomic mass is 32.2. The number of benzene rings is 1. The molecule has 130 valence electrons. The van der Waals surface area contributed by atoms with Crippen molar-refractivity contribution in [3.05, 3.63) is 48.2 Å². The molecule has 0 saturated heterocycles. The van der Waals surface area contributed by atoms with E-state index in [0.717, 1.165) is 11.0 Å². The van der Waals surface area contributed by atoms with Gasteiger partial charge in [-0.3, -0.25) is 0 Å². The lowest BCUT2D eigenvalue weighted by Crippen LogP contribution is -2.01. The summed E-state index contributed by atoms with van der Waals surface area (Å²) in [5, 5.41) is 5.17. The third-order valence-corrected chi connectivity index (χ3v) is 5.42. The fourth-order valence-corrected chi connectivity index (χ4v) is 3.78. The minimum Gasteiger partial charge on any atom is -0.338 e. The van der Waals surface area contributed by atoms with Crippen LogP contribution in [0.4, 0.5) is 0 Å². The van der Waals surface area contributed by atoms with Gasteiger partial charge in [0.25, 0.3) is 0 Å². The smallest absolute Gasteiger partial charge is 0.239 e. The summed E-state index contributed by atoms with van der Waals surface area (Å²) in [5.41, 5.74) is 2.40. The first-order chi connectivity index (χ1) is 12.1. The molecular formula is C19H22N4OS. The third kappa shape index (κ3) is 3.35. The van der Waals surface area contributed by atoms with Gasteiger partial charge in [0.15, 0.2) is 11.0 Å². The predicted octanol–water partition coefficient (Wildman–Crippen LogP) is 5.24. The first kappa shape index (κ1) is 16.4. The van der Waals surface area contributed by atoms with Crippen molar-refractivity contribution in [2.75, 3.05) is 0 Å². The minimum absolute atomic E-state index is 0.0727. The van der Waals surface area contributed by atoms with E-state index in [1.807, 2.05) is 12.3 Å². The van der Waals surface area contributed by atoms with Gasteiger partial charge in [0.2, 0.25) is 5.89 Å². The van der Waals surface area contributed by atoms with Gasteiger partial charge in [0, 0.05) is 12.0 Å². The molecule has 0 amide bonds. The summed E-state index contributed by atoms with van der Waals surface area (Å²) in [6.07, 6.45) is 4.42. The van der Waals surface area contributed by atoms with Crippen molar-refractivity contribution in [1.29, 1.82) is 0 Å². The van der Waals surface area contributed by atoms with E-state index in [2.05, 4.69) is 59.7 Å². The van der Waals surface area contributed by atoms with E-state index in [9.17, 15) is 0 Å². The van der Waals surface area contributed by atoms with Crippen LogP contribution in [0.25, 0.3) is 11.3 Å². The van der Waals surface area contributed by atoms with Crippen molar-refractivity contribution in [3.8, 4) is 11.3 Å². The van der Waals surface area contributed by atoms with Crippen molar-refractivity contribution in [2.45, 2.75) is 56.0 Å². The lowest BCUT2D eigenvalue weighted by Gasteiger charge is -2.12. The molecule has 1 saturated carbocycles. The van der Waals surface area contributed by atoms with Crippen molar-refractivity contribution >= 4 is 11.8 Å². The molecule has 25 heavy (non-hydrogen) atoms. The normalized spacial score (nSPS) is 15.7. The molecule has 1 aliphatic carbocycles. The maximum Gasteiger partial charge on any atom is 0.239 e. The molecular weight excluding hydrogens is 332 g/mol. The Morgan fingerprint density at radius 3 is 2.56 bits per heavy atom. The average molecular weight is 354 g/mol. The number of aromatic nitrogens is 4. The number of rotatable bonds is 6. The molecule has 0 spiro atoms. The summed E-state index contributed by atoms with van der Waals surface area (Å²) in [7, 11) is 0. The van der Waals surface area contributed by atoms with Crippen LogP contribution in [0.2, 0.25) is 0 Å². The van der Waals surface area contributed by atoms with E-state index >= 15 is 0 Å². The summed E-state index contributed by atoms with van der Waals surface area (Å²) in [5.74, 6) is 1.70. The summed E-state index contributed by atoms with van der Waals surface area (Å²) in [4.78, 5) is 9.22. The molecule has 1 aromatic carbocycles. The largest absolute Gasteiger partial charge is 0.338 e. The second kappa shape index (κ2) is 6.67. The SMILES string of the molecule is CC(C)c1noc([C@H](C)Sc2ncc(-c3ccccc3)n2C2CC2)n1. The Labute approximate surface area is 151 Å². The molecule has 0 radical (unpaired) electrons. The molecule has 0 N–H and O–H groups in total. The molecule has 1 aliphatic rings. The van der Waals surface area contributed by atoms with Crippen LogP contribution in [0.15, 0.2) is 46.2 Å². The third-order valence-electron chi connectivity index (χ3n) is 4.35. The molecule has 0 bridgehead atoms. The van der Waals surface area contributed by atoms with Gasteiger partial charge >= 0.3 is 0 Å². The number of nitrogens with zero attached hydrogens (tertiary/aromatic N) is 4. The van der Waals surface area contributed by atoms with E-state index in [4.69, 9.17) is 9.51 Å². The molecule has 0 aliphatic heterocycles. The summed E-state index contributed by atoms with van der Waals surface area (Å²) in [6, 6.07) is 11.0. The van der Waals surface area contributed by atoms with E-state index in [1.165, 1.54) is 24.1 Å². The maximum absolute atomic E-state index is 5.45. The van der Waals surface area contributed by atoms with Gasteiger partial charge in [-0.2, -0.15) is 4.98 Å². The van der Waals surface area contributed by atoms with Gasteiger partial charge < -0.3 is 9.09 Å². The molecule has 3 aromatic rings. The minimum atomic E-state index is 0.0727. The van der Waals surface area contributed by atoms with Crippen LogP contribution in [0, 0.1) is 0 Å². The van der Waals surface area contributed by atoms with E-state index < -0.39 is 0 Å². The summed E-state index contributed by atoms with van der Waals surface area (Å²) >= 11 is 1.69. The standard InChI is InChI=1S/C19H22N4OS/c1-12(2)17-21-18(24-22-17)13(3)25-19-20-11-16(23(19)15-9-10-15)14-7-5-4-6-8-14/h4-8,11-13,15H,9-10H2,1-3H3/t13-/m0/s1. The van der Waals surface area contributed by atoms with Crippen LogP contribution in [0.1, 0.15) is 62.5 Å². The zero-order valence-corrected chi connectivity index (χ0v) is 15.5. The van der Waals surface area contributed by atoms with E-state index in [0.29, 0.717) is 11.9 Å². The van der Waals surface area contributed by atoms with Crippen LogP contribution < -0.4 is 0 Å². The van der Waals surface area contributed by atoms with Crippen LogP contribution in [-0.4, -0.2) is 19.7 Å². The number of thioether (sulfide) groups is 1. The van der Waals surface area contributed by atoms with E-state index in [-0.39, 0.29) is 11.2 Å². The highest BCUT2D eigenvalue weighted by molar-refractivity contribution is 7.99. The molecule has 2 heterocycles. The van der Waals surface area contributed by atoms with Crippen LogP contribution in [0.3, 0.4) is 0 Å². The number of hydrogen-bond acceptors (Lipinski definition) is 5. The zero-order chi connectivity index (χ0) is 17.4.